The van der Waals surface area contributed by atoms with E-state index in [2.05, 4.69) is 0 Å². The summed E-state index contributed by atoms with van der Waals surface area (Å²) in [4.78, 5) is 27.7. The molecule has 4 rings (SSSR count). The molecule has 0 radical (unpaired) electrons. The molecule has 2 heterocycles. The van der Waals surface area contributed by atoms with Gasteiger partial charge in [0, 0.05) is 43.6 Å². The molecule has 2 aromatic carbocycles. The molecule has 0 aliphatic carbocycles. The number of hydrogen-bond acceptors (Lipinski definition) is 2. The number of fused-ring (bicyclic) bond motifs is 3. The second-order valence-electron chi connectivity index (χ2n) is 7.11. The van der Waals surface area contributed by atoms with E-state index in [1.54, 1.807) is 42.5 Å². The van der Waals surface area contributed by atoms with Crippen molar-refractivity contribution in [2.45, 2.75) is 6.54 Å². The molecule has 2 aromatic heterocycles. The van der Waals surface area contributed by atoms with E-state index >= 15 is 0 Å². The number of carbonyl (C=O) groups is 1. The molecule has 0 aliphatic rings. The third-order valence-corrected chi connectivity index (χ3v) is 5.01. The maximum absolute atomic E-state index is 13.9. The molecule has 4 aromatic rings. The van der Waals surface area contributed by atoms with Crippen LogP contribution in [0.15, 0.2) is 59.5 Å². The van der Waals surface area contributed by atoms with E-state index in [4.69, 9.17) is 0 Å². The first-order valence-corrected chi connectivity index (χ1v) is 8.95. The lowest BCUT2D eigenvalue weighted by Gasteiger charge is -2.14. The van der Waals surface area contributed by atoms with Gasteiger partial charge in [0.05, 0.1) is 12.1 Å². The summed E-state index contributed by atoms with van der Waals surface area (Å²) in [6.07, 6.45) is 1.59. The Morgan fingerprint density at radius 2 is 1.82 bits per heavy atom. The summed E-state index contributed by atoms with van der Waals surface area (Å²) in [6, 6.07) is 14.0. The topological polar surface area (TPSA) is 47.2 Å². The Hall–Kier alpha value is -3.41. The third-order valence-electron chi connectivity index (χ3n) is 5.01. The summed E-state index contributed by atoms with van der Waals surface area (Å²) in [7, 11) is 5.08. The van der Waals surface area contributed by atoms with Crippen LogP contribution in [-0.4, -0.2) is 34.0 Å². The molecule has 0 saturated heterocycles. The Labute approximate surface area is 161 Å². The monoisotopic (exact) mass is 377 g/mol. The van der Waals surface area contributed by atoms with Crippen molar-refractivity contribution in [1.29, 1.82) is 0 Å². The van der Waals surface area contributed by atoms with Crippen molar-refractivity contribution in [3.8, 4) is 0 Å². The lowest BCUT2D eigenvalue weighted by molar-refractivity contribution is 0.0828. The first kappa shape index (κ1) is 18.0. The largest absolute Gasteiger partial charge is 0.345 e. The van der Waals surface area contributed by atoms with Crippen LogP contribution in [0, 0.1) is 5.82 Å². The van der Waals surface area contributed by atoms with Gasteiger partial charge >= 0.3 is 0 Å². The fourth-order valence-electron chi connectivity index (χ4n) is 3.66. The highest BCUT2D eigenvalue weighted by atomic mass is 19.1. The number of pyridine rings is 1. The number of halogens is 1. The van der Waals surface area contributed by atoms with Gasteiger partial charge in [-0.25, -0.2) is 4.39 Å². The molecule has 0 aliphatic heterocycles. The lowest BCUT2D eigenvalue weighted by Crippen LogP contribution is -2.27. The van der Waals surface area contributed by atoms with Crippen LogP contribution in [0.4, 0.5) is 4.39 Å². The maximum atomic E-state index is 13.9. The van der Waals surface area contributed by atoms with Gasteiger partial charge in [-0.1, -0.05) is 30.3 Å². The Morgan fingerprint density at radius 3 is 2.50 bits per heavy atom. The van der Waals surface area contributed by atoms with Crippen molar-refractivity contribution in [3.05, 3.63) is 82.0 Å². The van der Waals surface area contributed by atoms with E-state index in [1.165, 1.54) is 17.0 Å². The van der Waals surface area contributed by atoms with E-state index in [1.807, 2.05) is 30.3 Å². The number of benzene rings is 2. The number of aryl methyl sites for hydroxylation is 1. The van der Waals surface area contributed by atoms with Crippen LogP contribution in [0.3, 0.4) is 0 Å². The first-order chi connectivity index (χ1) is 13.4. The minimum atomic E-state index is -0.406. The second kappa shape index (κ2) is 6.64. The molecule has 5 nitrogen and oxygen atoms in total. The van der Waals surface area contributed by atoms with Crippen molar-refractivity contribution in [3.63, 3.8) is 0 Å². The average molecular weight is 377 g/mol. The van der Waals surface area contributed by atoms with Gasteiger partial charge in [0.25, 0.3) is 11.5 Å². The SMILES string of the molecule is CN(C)C(=O)c1cn(Cc2ccccc2)c(=O)c2c1c1cc(F)ccc1n2C. The zero-order valence-corrected chi connectivity index (χ0v) is 15.9. The number of rotatable bonds is 3. The fourth-order valence-corrected chi connectivity index (χ4v) is 3.66. The van der Waals surface area contributed by atoms with E-state index in [9.17, 15) is 14.0 Å². The first-order valence-electron chi connectivity index (χ1n) is 8.95. The van der Waals surface area contributed by atoms with Gasteiger partial charge in [0.15, 0.2) is 0 Å². The molecule has 142 valence electrons. The molecule has 0 fully saturated rings. The van der Waals surface area contributed by atoms with Crippen molar-refractivity contribution in [2.24, 2.45) is 7.05 Å². The average Bonchev–Trinajstić information content (AvgIpc) is 2.96. The highest BCUT2D eigenvalue weighted by molar-refractivity contribution is 6.17. The quantitative estimate of drug-likeness (QED) is 0.550. The standard InChI is InChI=1S/C22H20FN3O2/c1-24(2)21(27)17-13-26(12-14-7-5-4-6-8-14)22(28)20-19(17)16-11-15(23)9-10-18(16)25(20)3/h4-11,13H,12H2,1-3H3. The Bertz CT molecular complexity index is 1270. The molecular weight excluding hydrogens is 357 g/mol. The lowest BCUT2D eigenvalue weighted by atomic mass is 10.1. The highest BCUT2D eigenvalue weighted by Crippen LogP contribution is 2.30. The summed E-state index contributed by atoms with van der Waals surface area (Å²) >= 11 is 0. The van der Waals surface area contributed by atoms with E-state index in [-0.39, 0.29) is 11.5 Å². The predicted molar refractivity (Wildman–Crippen MR) is 108 cm³/mol. The van der Waals surface area contributed by atoms with Crippen LogP contribution in [0.25, 0.3) is 21.8 Å². The minimum absolute atomic E-state index is 0.215. The summed E-state index contributed by atoms with van der Waals surface area (Å²) in [5.74, 6) is -0.639. The van der Waals surface area contributed by atoms with Crippen molar-refractivity contribution in [2.75, 3.05) is 14.1 Å². The number of aromatic nitrogens is 2. The van der Waals surface area contributed by atoms with Gasteiger partial charge in [-0.05, 0) is 23.8 Å². The second-order valence-corrected chi connectivity index (χ2v) is 7.11. The number of carbonyl (C=O) groups excluding carboxylic acids is 1. The molecule has 0 saturated carbocycles. The molecule has 0 N–H and O–H groups in total. The van der Waals surface area contributed by atoms with E-state index in [0.717, 1.165) is 5.56 Å². The number of hydrogen-bond donors (Lipinski definition) is 0. The smallest absolute Gasteiger partial charge is 0.275 e. The minimum Gasteiger partial charge on any atom is -0.345 e. The Balaban J connectivity index is 2.10. The number of nitrogens with zero attached hydrogens (tertiary/aromatic N) is 3. The van der Waals surface area contributed by atoms with Gasteiger partial charge in [-0.3, -0.25) is 9.59 Å². The van der Waals surface area contributed by atoms with Crippen LogP contribution in [-0.2, 0) is 13.6 Å². The van der Waals surface area contributed by atoms with Crippen LogP contribution in [0.5, 0.6) is 0 Å². The van der Waals surface area contributed by atoms with Crippen molar-refractivity contribution < 1.29 is 9.18 Å². The Morgan fingerprint density at radius 1 is 1.11 bits per heavy atom. The molecule has 1 amide bonds. The summed E-state index contributed by atoms with van der Waals surface area (Å²) in [6.45, 7) is 0.346. The molecule has 0 unspecified atom stereocenters. The summed E-state index contributed by atoms with van der Waals surface area (Å²) in [5, 5.41) is 1.05. The van der Waals surface area contributed by atoms with Gasteiger partial charge in [0.1, 0.15) is 11.3 Å². The zero-order chi connectivity index (χ0) is 20.0. The van der Waals surface area contributed by atoms with Crippen LogP contribution in [0.1, 0.15) is 15.9 Å². The third kappa shape index (κ3) is 2.78. The normalized spacial score (nSPS) is 11.3. The zero-order valence-electron chi connectivity index (χ0n) is 15.9. The van der Waals surface area contributed by atoms with Gasteiger partial charge < -0.3 is 14.0 Å². The van der Waals surface area contributed by atoms with E-state index < -0.39 is 5.82 Å². The summed E-state index contributed by atoms with van der Waals surface area (Å²) in [5.41, 5.74) is 2.22. The van der Waals surface area contributed by atoms with Crippen molar-refractivity contribution >= 4 is 27.7 Å². The molecule has 0 bridgehead atoms. The molecular formula is C22H20FN3O2. The van der Waals surface area contributed by atoms with Crippen LogP contribution in [0.2, 0.25) is 0 Å². The summed E-state index contributed by atoms with van der Waals surface area (Å²) < 4.78 is 17.2. The molecule has 0 spiro atoms. The van der Waals surface area contributed by atoms with Crippen LogP contribution >= 0.6 is 0 Å². The maximum Gasteiger partial charge on any atom is 0.275 e. The van der Waals surface area contributed by atoms with Gasteiger partial charge in [-0.15, -0.1) is 0 Å². The van der Waals surface area contributed by atoms with Crippen LogP contribution < -0.4 is 5.56 Å². The fraction of sp³-hybridized carbons (Fsp3) is 0.182. The highest BCUT2D eigenvalue weighted by Gasteiger charge is 2.22. The molecule has 6 heteroatoms. The molecule has 28 heavy (non-hydrogen) atoms. The predicted octanol–water partition coefficient (Wildman–Crippen LogP) is 3.38. The Kier molecular flexibility index (Phi) is 4.26. The van der Waals surface area contributed by atoms with E-state index in [0.29, 0.717) is 33.9 Å². The van der Waals surface area contributed by atoms with Gasteiger partial charge in [-0.2, -0.15) is 0 Å². The molecule has 0 atom stereocenters. The van der Waals surface area contributed by atoms with Crippen molar-refractivity contribution in [1.82, 2.24) is 14.0 Å². The van der Waals surface area contributed by atoms with Gasteiger partial charge in [0.2, 0.25) is 0 Å². The number of amides is 1.